The predicted octanol–water partition coefficient (Wildman–Crippen LogP) is 3.14. The summed E-state index contributed by atoms with van der Waals surface area (Å²) in [5.74, 6) is -0.323. The first-order valence-electron chi connectivity index (χ1n) is 7.98. The standard InChI is InChI=1S/C19H23N3O2/c1-4-13-20-18(23)14-5-7-15(8-6-14)19(24)21-16-9-11-17(12-10-16)22(2)3/h5-12H,4,13H2,1-3H3,(H,20,23)(H,21,24). The second-order valence-corrected chi connectivity index (χ2v) is 5.73. The Morgan fingerprint density at radius 1 is 0.875 bits per heavy atom. The summed E-state index contributed by atoms with van der Waals surface area (Å²) in [5, 5.41) is 5.66. The number of rotatable bonds is 6. The van der Waals surface area contributed by atoms with Gasteiger partial charge in [-0.05, 0) is 55.0 Å². The van der Waals surface area contributed by atoms with Crippen LogP contribution in [0.15, 0.2) is 48.5 Å². The molecule has 126 valence electrons. The molecule has 5 nitrogen and oxygen atoms in total. The van der Waals surface area contributed by atoms with Gasteiger partial charge in [0, 0.05) is 43.1 Å². The summed E-state index contributed by atoms with van der Waals surface area (Å²) in [6.45, 7) is 2.64. The van der Waals surface area contributed by atoms with Gasteiger partial charge in [-0.1, -0.05) is 6.92 Å². The third kappa shape index (κ3) is 4.59. The quantitative estimate of drug-likeness (QED) is 0.858. The Morgan fingerprint density at radius 3 is 1.92 bits per heavy atom. The van der Waals surface area contributed by atoms with Gasteiger partial charge < -0.3 is 15.5 Å². The molecule has 0 saturated carbocycles. The molecule has 2 N–H and O–H groups in total. The zero-order chi connectivity index (χ0) is 17.5. The fourth-order valence-electron chi connectivity index (χ4n) is 2.16. The summed E-state index contributed by atoms with van der Waals surface area (Å²) in [7, 11) is 3.93. The van der Waals surface area contributed by atoms with Crippen molar-refractivity contribution >= 4 is 23.2 Å². The van der Waals surface area contributed by atoms with Crippen LogP contribution in [0.2, 0.25) is 0 Å². The Kier molecular flexibility index (Phi) is 5.95. The van der Waals surface area contributed by atoms with Gasteiger partial charge in [0.25, 0.3) is 11.8 Å². The third-order valence-electron chi connectivity index (χ3n) is 3.59. The zero-order valence-corrected chi connectivity index (χ0v) is 14.3. The minimum Gasteiger partial charge on any atom is -0.378 e. The molecule has 0 fully saturated rings. The van der Waals surface area contributed by atoms with E-state index in [0.717, 1.165) is 17.8 Å². The predicted molar refractivity (Wildman–Crippen MR) is 97.8 cm³/mol. The molecule has 0 aromatic heterocycles. The normalized spacial score (nSPS) is 10.1. The van der Waals surface area contributed by atoms with Crippen LogP contribution in [0.3, 0.4) is 0 Å². The average Bonchev–Trinajstić information content (AvgIpc) is 2.60. The van der Waals surface area contributed by atoms with Crippen LogP contribution < -0.4 is 15.5 Å². The Labute approximate surface area is 142 Å². The summed E-state index contributed by atoms with van der Waals surface area (Å²) in [6.07, 6.45) is 0.888. The van der Waals surface area contributed by atoms with Crippen LogP contribution in [-0.4, -0.2) is 32.5 Å². The molecule has 24 heavy (non-hydrogen) atoms. The van der Waals surface area contributed by atoms with E-state index in [9.17, 15) is 9.59 Å². The first-order valence-corrected chi connectivity index (χ1v) is 7.98. The van der Waals surface area contributed by atoms with Crippen LogP contribution in [0.4, 0.5) is 11.4 Å². The average molecular weight is 325 g/mol. The Hall–Kier alpha value is -2.82. The van der Waals surface area contributed by atoms with Gasteiger partial charge in [0.15, 0.2) is 0 Å². The number of carbonyl (C=O) groups excluding carboxylic acids is 2. The monoisotopic (exact) mass is 325 g/mol. The van der Waals surface area contributed by atoms with Crippen molar-refractivity contribution in [3.8, 4) is 0 Å². The summed E-state index contributed by atoms with van der Waals surface area (Å²) >= 11 is 0. The zero-order valence-electron chi connectivity index (χ0n) is 14.3. The molecule has 0 saturated heterocycles. The largest absolute Gasteiger partial charge is 0.378 e. The molecule has 2 aromatic rings. The highest BCUT2D eigenvalue weighted by molar-refractivity contribution is 6.05. The number of hydrogen-bond donors (Lipinski definition) is 2. The molecule has 0 radical (unpaired) electrons. The molecule has 2 rings (SSSR count). The van der Waals surface area contributed by atoms with Crippen molar-refractivity contribution in [2.45, 2.75) is 13.3 Å². The first kappa shape index (κ1) is 17.5. The maximum atomic E-state index is 12.3. The number of amides is 2. The molecule has 0 unspecified atom stereocenters. The number of carbonyl (C=O) groups is 2. The Morgan fingerprint density at radius 2 is 1.42 bits per heavy atom. The Balaban J connectivity index is 2.00. The fraction of sp³-hybridized carbons (Fsp3) is 0.263. The molecule has 5 heteroatoms. The molecule has 0 aliphatic rings. The van der Waals surface area contributed by atoms with E-state index >= 15 is 0 Å². The van der Waals surface area contributed by atoms with Crippen molar-refractivity contribution in [2.75, 3.05) is 30.9 Å². The van der Waals surface area contributed by atoms with E-state index < -0.39 is 0 Å². The van der Waals surface area contributed by atoms with Gasteiger partial charge in [0.1, 0.15) is 0 Å². The summed E-state index contributed by atoms with van der Waals surface area (Å²) < 4.78 is 0. The molecule has 2 aromatic carbocycles. The van der Waals surface area contributed by atoms with E-state index in [1.807, 2.05) is 50.2 Å². The highest BCUT2D eigenvalue weighted by atomic mass is 16.2. The van der Waals surface area contributed by atoms with E-state index in [-0.39, 0.29) is 11.8 Å². The van der Waals surface area contributed by atoms with Gasteiger partial charge in [0.2, 0.25) is 0 Å². The highest BCUT2D eigenvalue weighted by Gasteiger charge is 2.09. The lowest BCUT2D eigenvalue weighted by molar-refractivity contribution is 0.0951. The van der Waals surface area contributed by atoms with Crippen molar-refractivity contribution in [1.82, 2.24) is 5.32 Å². The molecule has 0 heterocycles. The molecular formula is C19H23N3O2. The van der Waals surface area contributed by atoms with E-state index in [0.29, 0.717) is 17.7 Å². The van der Waals surface area contributed by atoms with Gasteiger partial charge in [-0.3, -0.25) is 9.59 Å². The molecule has 0 aliphatic carbocycles. The second-order valence-electron chi connectivity index (χ2n) is 5.73. The summed E-state index contributed by atoms with van der Waals surface area (Å²) in [4.78, 5) is 26.1. The van der Waals surface area contributed by atoms with Crippen LogP contribution in [0, 0.1) is 0 Å². The minimum atomic E-state index is -0.201. The van der Waals surface area contributed by atoms with Crippen molar-refractivity contribution in [2.24, 2.45) is 0 Å². The topological polar surface area (TPSA) is 61.4 Å². The number of benzene rings is 2. The number of hydrogen-bond acceptors (Lipinski definition) is 3. The van der Waals surface area contributed by atoms with Gasteiger partial charge in [-0.2, -0.15) is 0 Å². The lowest BCUT2D eigenvalue weighted by Crippen LogP contribution is -2.24. The van der Waals surface area contributed by atoms with Crippen LogP contribution in [-0.2, 0) is 0 Å². The van der Waals surface area contributed by atoms with E-state index in [4.69, 9.17) is 0 Å². The maximum Gasteiger partial charge on any atom is 0.255 e. The van der Waals surface area contributed by atoms with Crippen LogP contribution in [0.25, 0.3) is 0 Å². The Bertz CT molecular complexity index is 692. The molecule has 0 aliphatic heterocycles. The lowest BCUT2D eigenvalue weighted by Gasteiger charge is -2.13. The van der Waals surface area contributed by atoms with Crippen LogP contribution >= 0.6 is 0 Å². The molecular weight excluding hydrogens is 302 g/mol. The van der Waals surface area contributed by atoms with E-state index in [2.05, 4.69) is 10.6 Å². The SMILES string of the molecule is CCCNC(=O)c1ccc(C(=O)Nc2ccc(N(C)C)cc2)cc1. The third-order valence-corrected chi connectivity index (χ3v) is 3.59. The molecule has 2 amide bonds. The van der Waals surface area contributed by atoms with E-state index in [1.54, 1.807) is 24.3 Å². The van der Waals surface area contributed by atoms with Gasteiger partial charge in [-0.25, -0.2) is 0 Å². The van der Waals surface area contributed by atoms with Crippen LogP contribution in [0.1, 0.15) is 34.1 Å². The molecule has 0 atom stereocenters. The summed E-state index contributed by atoms with van der Waals surface area (Å²) in [6, 6.07) is 14.2. The van der Waals surface area contributed by atoms with Gasteiger partial charge in [-0.15, -0.1) is 0 Å². The van der Waals surface area contributed by atoms with Crippen molar-refractivity contribution in [3.63, 3.8) is 0 Å². The first-order chi connectivity index (χ1) is 11.5. The minimum absolute atomic E-state index is 0.122. The number of nitrogens with one attached hydrogen (secondary N) is 2. The second kappa shape index (κ2) is 8.15. The molecule has 0 bridgehead atoms. The van der Waals surface area contributed by atoms with Crippen molar-refractivity contribution in [3.05, 3.63) is 59.7 Å². The van der Waals surface area contributed by atoms with Gasteiger partial charge >= 0.3 is 0 Å². The maximum absolute atomic E-state index is 12.3. The fourth-order valence-corrected chi connectivity index (χ4v) is 2.16. The lowest BCUT2D eigenvalue weighted by atomic mass is 10.1. The molecule has 0 spiro atoms. The highest BCUT2D eigenvalue weighted by Crippen LogP contribution is 2.16. The number of nitrogens with zero attached hydrogens (tertiary/aromatic N) is 1. The van der Waals surface area contributed by atoms with E-state index in [1.165, 1.54) is 0 Å². The van der Waals surface area contributed by atoms with Crippen molar-refractivity contribution in [1.29, 1.82) is 0 Å². The summed E-state index contributed by atoms with van der Waals surface area (Å²) in [5.41, 5.74) is 2.86. The number of anilines is 2. The van der Waals surface area contributed by atoms with Crippen molar-refractivity contribution < 1.29 is 9.59 Å². The smallest absolute Gasteiger partial charge is 0.255 e. The van der Waals surface area contributed by atoms with Gasteiger partial charge in [0.05, 0.1) is 0 Å². The van der Waals surface area contributed by atoms with Crippen LogP contribution in [0.5, 0.6) is 0 Å².